The van der Waals surface area contributed by atoms with Crippen LogP contribution in [-0.4, -0.2) is 28.3 Å². The highest BCUT2D eigenvalue weighted by molar-refractivity contribution is 6.06. The number of hydrogen-bond donors (Lipinski definition) is 0. The molecule has 5 nitrogen and oxygen atoms in total. The Morgan fingerprint density at radius 3 is 2.38 bits per heavy atom. The van der Waals surface area contributed by atoms with Crippen LogP contribution in [0.15, 0.2) is 66.7 Å². The fraction of sp³-hybridized carbons (Fsp3) is 0.167. The first kappa shape index (κ1) is 17.5. The molecule has 2 heterocycles. The van der Waals surface area contributed by atoms with E-state index in [0.29, 0.717) is 13.2 Å². The molecule has 0 amide bonds. The third-order valence-electron chi connectivity index (χ3n) is 5.15. The standard InChI is InChI=1S/C24H21N3O2/c1-16-11-12-20-17(15-16)23-24(26-19-8-4-3-7-18(19)25-23)27(20)13-14-29-22-10-6-5-9-21(22)28-2/h3-12,15H,13-14H2,1-2H3. The van der Waals surface area contributed by atoms with Gasteiger partial charge in [0.05, 0.1) is 30.2 Å². The summed E-state index contributed by atoms with van der Waals surface area (Å²) in [5, 5.41) is 1.12. The number of methoxy groups -OCH3 is 1. The van der Waals surface area contributed by atoms with Gasteiger partial charge in [-0.15, -0.1) is 0 Å². The lowest BCUT2D eigenvalue weighted by Gasteiger charge is -2.12. The minimum atomic E-state index is 0.502. The van der Waals surface area contributed by atoms with E-state index in [-0.39, 0.29) is 0 Å². The molecule has 0 fully saturated rings. The molecule has 3 aromatic carbocycles. The number of aromatic nitrogens is 3. The van der Waals surface area contributed by atoms with E-state index in [0.717, 1.165) is 44.6 Å². The van der Waals surface area contributed by atoms with Crippen molar-refractivity contribution >= 4 is 33.1 Å². The number of hydrogen-bond acceptors (Lipinski definition) is 4. The van der Waals surface area contributed by atoms with Gasteiger partial charge in [-0.05, 0) is 43.3 Å². The maximum Gasteiger partial charge on any atom is 0.161 e. The van der Waals surface area contributed by atoms with Crippen LogP contribution in [0.1, 0.15) is 5.56 Å². The minimum Gasteiger partial charge on any atom is -0.493 e. The molecule has 0 aliphatic rings. The van der Waals surface area contributed by atoms with Gasteiger partial charge in [0, 0.05) is 5.39 Å². The Hall–Kier alpha value is -3.60. The highest BCUT2D eigenvalue weighted by Gasteiger charge is 2.15. The molecule has 2 aromatic heterocycles. The zero-order chi connectivity index (χ0) is 19.8. The van der Waals surface area contributed by atoms with Gasteiger partial charge in [0.25, 0.3) is 0 Å². The summed E-state index contributed by atoms with van der Waals surface area (Å²) in [7, 11) is 1.65. The van der Waals surface area contributed by atoms with E-state index in [4.69, 9.17) is 19.4 Å². The largest absolute Gasteiger partial charge is 0.493 e. The van der Waals surface area contributed by atoms with E-state index in [2.05, 4.69) is 29.7 Å². The summed E-state index contributed by atoms with van der Waals surface area (Å²) < 4.78 is 13.6. The maximum absolute atomic E-state index is 6.02. The zero-order valence-electron chi connectivity index (χ0n) is 16.4. The van der Waals surface area contributed by atoms with Gasteiger partial charge in [-0.2, -0.15) is 0 Å². The highest BCUT2D eigenvalue weighted by atomic mass is 16.5. The second kappa shape index (κ2) is 7.09. The topological polar surface area (TPSA) is 49.2 Å². The Bertz CT molecular complexity index is 1340. The van der Waals surface area contributed by atoms with Gasteiger partial charge in [-0.25, -0.2) is 9.97 Å². The average molecular weight is 383 g/mol. The molecule has 5 heteroatoms. The van der Waals surface area contributed by atoms with Gasteiger partial charge in [0.15, 0.2) is 17.1 Å². The van der Waals surface area contributed by atoms with Crippen LogP contribution in [0.3, 0.4) is 0 Å². The molecule has 5 aromatic rings. The van der Waals surface area contributed by atoms with E-state index >= 15 is 0 Å². The predicted octanol–water partition coefficient (Wildman–Crippen LogP) is 5.13. The van der Waals surface area contributed by atoms with Gasteiger partial charge in [-0.3, -0.25) is 0 Å². The zero-order valence-corrected chi connectivity index (χ0v) is 16.4. The fourth-order valence-corrected chi connectivity index (χ4v) is 3.76. The third kappa shape index (κ3) is 3.05. The molecule has 0 radical (unpaired) electrons. The lowest BCUT2D eigenvalue weighted by molar-refractivity contribution is 0.282. The summed E-state index contributed by atoms with van der Waals surface area (Å²) in [5.41, 5.74) is 5.94. The van der Waals surface area contributed by atoms with Gasteiger partial charge in [-0.1, -0.05) is 35.9 Å². The number of rotatable bonds is 5. The molecular formula is C24H21N3O2. The van der Waals surface area contributed by atoms with Crippen molar-refractivity contribution in [1.82, 2.24) is 14.5 Å². The van der Waals surface area contributed by atoms with Crippen molar-refractivity contribution in [3.8, 4) is 11.5 Å². The molecule has 0 saturated heterocycles. The van der Waals surface area contributed by atoms with Crippen molar-refractivity contribution in [2.24, 2.45) is 0 Å². The van der Waals surface area contributed by atoms with Crippen LogP contribution in [0, 0.1) is 6.92 Å². The molecule has 0 atom stereocenters. The van der Waals surface area contributed by atoms with Crippen LogP contribution in [-0.2, 0) is 6.54 Å². The van der Waals surface area contributed by atoms with Crippen molar-refractivity contribution in [2.45, 2.75) is 13.5 Å². The number of para-hydroxylation sites is 4. The Morgan fingerprint density at radius 2 is 1.59 bits per heavy atom. The second-order valence-corrected chi connectivity index (χ2v) is 7.06. The van der Waals surface area contributed by atoms with E-state index in [9.17, 15) is 0 Å². The summed E-state index contributed by atoms with van der Waals surface area (Å²) in [6, 6.07) is 22.1. The number of fused-ring (bicyclic) bond motifs is 4. The van der Waals surface area contributed by atoms with Crippen LogP contribution < -0.4 is 9.47 Å². The predicted molar refractivity (Wildman–Crippen MR) is 116 cm³/mol. The highest BCUT2D eigenvalue weighted by Crippen LogP contribution is 2.30. The van der Waals surface area contributed by atoms with Crippen molar-refractivity contribution < 1.29 is 9.47 Å². The number of benzene rings is 3. The smallest absolute Gasteiger partial charge is 0.161 e. The van der Waals surface area contributed by atoms with E-state index < -0.39 is 0 Å². The Kier molecular flexibility index (Phi) is 4.28. The lowest BCUT2D eigenvalue weighted by Crippen LogP contribution is -2.09. The van der Waals surface area contributed by atoms with Crippen LogP contribution >= 0.6 is 0 Å². The quantitative estimate of drug-likeness (QED) is 0.422. The first-order valence-electron chi connectivity index (χ1n) is 9.66. The molecule has 0 aliphatic carbocycles. The van der Waals surface area contributed by atoms with Gasteiger partial charge in [0.2, 0.25) is 0 Å². The normalized spacial score (nSPS) is 11.4. The van der Waals surface area contributed by atoms with Crippen LogP contribution in [0.25, 0.3) is 33.1 Å². The molecule has 0 saturated carbocycles. The molecule has 0 aliphatic heterocycles. The number of nitrogens with zero attached hydrogens (tertiary/aromatic N) is 3. The molecule has 0 spiro atoms. The second-order valence-electron chi connectivity index (χ2n) is 7.06. The number of aryl methyl sites for hydroxylation is 1. The molecular weight excluding hydrogens is 362 g/mol. The summed E-state index contributed by atoms with van der Waals surface area (Å²) in [5.74, 6) is 1.47. The Morgan fingerprint density at radius 1 is 0.862 bits per heavy atom. The molecule has 5 rings (SSSR count). The maximum atomic E-state index is 6.02. The van der Waals surface area contributed by atoms with Crippen LogP contribution in [0.5, 0.6) is 11.5 Å². The Labute approximate surface area is 168 Å². The Balaban J connectivity index is 1.58. The van der Waals surface area contributed by atoms with Crippen molar-refractivity contribution in [2.75, 3.05) is 13.7 Å². The molecule has 0 unspecified atom stereocenters. The molecule has 0 N–H and O–H groups in total. The summed E-state index contributed by atoms with van der Waals surface area (Å²) in [4.78, 5) is 9.84. The first-order chi connectivity index (χ1) is 14.2. The van der Waals surface area contributed by atoms with Gasteiger partial charge >= 0.3 is 0 Å². The lowest BCUT2D eigenvalue weighted by atomic mass is 10.1. The summed E-state index contributed by atoms with van der Waals surface area (Å²) >= 11 is 0. The molecule has 29 heavy (non-hydrogen) atoms. The van der Waals surface area contributed by atoms with E-state index in [1.807, 2.05) is 48.5 Å². The van der Waals surface area contributed by atoms with Crippen molar-refractivity contribution in [3.63, 3.8) is 0 Å². The summed E-state index contributed by atoms with van der Waals surface area (Å²) in [6.45, 7) is 3.26. The van der Waals surface area contributed by atoms with Crippen molar-refractivity contribution in [3.05, 3.63) is 72.3 Å². The first-order valence-corrected chi connectivity index (χ1v) is 9.66. The number of ether oxygens (including phenoxy) is 2. The van der Waals surface area contributed by atoms with Crippen LogP contribution in [0.4, 0.5) is 0 Å². The van der Waals surface area contributed by atoms with Gasteiger partial charge in [0.1, 0.15) is 12.1 Å². The summed E-state index contributed by atoms with van der Waals surface area (Å²) in [6.07, 6.45) is 0. The monoisotopic (exact) mass is 383 g/mol. The molecule has 0 bridgehead atoms. The SMILES string of the molecule is COc1ccccc1OCCn1c2ccc(C)cc2c2nc3ccccc3nc21. The minimum absolute atomic E-state index is 0.502. The van der Waals surface area contributed by atoms with Crippen LogP contribution in [0.2, 0.25) is 0 Å². The van der Waals surface area contributed by atoms with Crippen molar-refractivity contribution in [1.29, 1.82) is 0 Å². The average Bonchev–Trinajstić information content (AvgIpc) is 3.04. The van der Waals surface area contributed by atoms with E-state index in [1.54, 1.807) is 7.11 Å². The third-order valence-corrected chi connectivity index (χ3v) is 5.15. The van der Waals surface area contributed by atoms with Gasteiger partial charge < -0.3 is 14.0 Å². The van der Waals surface area contributed by atoms with E-state index in [1.165, 1.54) is 5.56 Å². The fourth-order valence-electron chi connectivity index (χ4n) is 3.76. The molecule has 144 valence electrons.